The molecule has 0 aliphatic rings. The average Bonchev–Trinajstić information content (AvgIpc) is 2.76. The number of aryl methyl sites for hydroxylation is 1. The predicted molar refractivity (Wildman–Crippen MR) is 128 cm³/mol. The smallest absolute Gasteiger partial charge is 0.229 e. The zero-order chi connectivity index (χ0) is 21.5. The highest BCUT2D eigenvalue weighted by Gasteiger charge is 2.19. The van der Waals surface area contributed by atoms with Gasteiger partial charge >= 0.3 is 0 Å². The highest BCUT2D eigenvalue weighted by Crippen LogP contribution is 2.24. The van der Waals surface area contributed by atoms with Gasteiger partial charge in [-0.25, -0.2) is 0 Å². The number of hydrogen-bond donors (Lipinski definition) is 0. The van der Waals surface area contributed by atoms with E-state index >= 15 is 0 Å². The lowest BCUT2D eigenvalue weighted by Crippen LogP contribution is -3.00. The molecule has 0 atom stereocenters. The highest BCUT2D eigenvalue weighted by molar-refractivity contribution is 5.83. The van der Waals surface area contributed by atoms with E-state index in [1.165, 1.54) is 33.8 Å². The van der Waals surface area contributed by atoms with Crippen LogP contribution in [0.15, 0.2) is 79.0 Å². The van der Waals surface area contributed by atoms with Crippen molar-refractivity contribution in [3.8, 4) is 0 Å². The highest BCUT2D eigenvalue weighted by atomic mass is 35.5. The van der Waals surface area contributed by atoms with Crippen molar-refractivity contribution in [1.29, 1.82) is 0 Å². The maximum Gasteiger partial charge on any atom is 0.229 e. The van der Waals surface area contributed by atoms with Crippen molar-refractivity contribution >= 4 is 23.5 Å². The first kappa shape index (κ1) is 24.2. The largest absolute Gasteiger partial charge is 1.00 e. The Balaban J connectivity index is 0.00000341. The molecule has 0 bridgehead atoms. The van der Waals surface area contributed by atoms with E-state index in [1.807, 2.05) is 0 Å². The van der Waals surface area contributed by atoms with Crippen LogP contribution in [0.2, 0.25) is 0 Å². The Morgan fingerprint density at radius 1 is 0.742 bits per heavy atom. The van der Waals surface area contributed by atoms with Crippen LogP contribution in [0, 0.1) is 0 Å². The van der Waals surface area contributed by atoms with Crippen molar-refractivity contribution in [2.24, 2.45) is 0 Å². The van der Waals surface area contributed by atoms with Gasteiger partial charge in [0.05, 0.1) is 0 Å². The monoisotopic (exact) mass is 433 g/mol. The standard InChI is InChI=1S/C27H32N3.ClH/c1-6-30-18-17-24(25(28(2)3)19-22-13-9-7-10-14-22)21-27(30)26(29(4)5)20-23-15-11-8-12-16-23;/h7-21H,6H2,1-5H3;1H/q+1;/p-1. The van der Waals surface area contributed by atoms with Crippen LogP contribution in [0.3, 0.4) is 0 Å². The van der Waals surface area contributed by atoms with Gasteiger partial charge in [0.2, 0.25) is 5.69 Å². The van der Waals surface area contributed by atoms with Gasteiger partial charge in [-0.3, -0.25) is 0 Å². The second-order valence-electron chi connectivity index (χ2n) is 7.76. The molecule has 0 radical (unpaired) electrons. The SMILES string of the molecule is CC[n+]1ccc(C(=Cc2ccccc2)N(C)C)cc1C(=Cc1ccccc1)N(C)C.[Cl-]. The number of aromatic nitrogens is 1. The van der Waals surface area contributed by atoms with Crippen LogP contribution in [0.4, 0.5) is 0 Å². The van der Waals surface area contributed by atoms with E-state index in [0.29, 0.717) is 0 Å². The van der Waals surface area contributed by atoms with Crippen molar-refractivity contribution < 1.29 is 17.0 Å². The molecule has 2 aromatic carbocycles. The summed E-state index contributed by atoms with van der Waals surface area (Å²) in [4.78, 5) is 4.37. The molecule has 1 aromatic heterocycles. The van der Waals surface area contributed by atoms with Gasteiger partial charge in [-0.05, 0) is 30.2 Å². The molecule has 0 saturated heterocycles. The Morgan fingerprint density at radius 3 is 1.68 bits per heavy atom. The molecule has 0 unspecified atom stereocenters. The molecule has 3 rings (SSSR count). The Hall–Kier alpha value is -3.04. The maximum absolute atomic E-state index is 2.30. The van der Waals surface area contributed by atoms with Crippen molar-refractivity contribution in [2.75, 3.05) is 28.2 Å². The van der Waals surface area contributed by atoms with Crippen molar-refractivity contribution in [1.82, 2.24) is 9.80 Å². The summed E-state index contributed by atoms with van der Waals surface area (Å²) in [5, 5.41) is 0. The lowest BCUT2D eigenvalue weighted by Gasteiger charge is -2.20. The Kier molecular flexibility index (Phi) is 8.89. The first-order valence-corrected chi connectivity index (χ1v) is 10.4. The molecule has 1 heterocycles. The van der Waals surface area contributed by atoms with E-state index in [2.05, 4.69) is 141 Å². The molecular formula is C27H32ClN3. The predicted octanol–water partition coefficient (Wildman–Crippen LogP) is 2.12. The van der Waals surface area contributed by atoms with Gasteiger partial charge < -0.3 is 22.2 Å². The molecule has 31 heavy (non-hydrogen) atoms. The molecule has 0 amide bonds. The van der Waals surface area contributed by atoms with Crippen molar-refractivity contribution in [2.45, 2.75) is 13.5 Å². The second-order valence-corrected chi connectivity index (χ2v) is 7.76. The number of hydrogen-bond acceptors (Lipinski definition) is 2. The van der Waals surface area contributed by atoms with Gasteiger partial charge in [-0.2, -0.15) is 4.57 Å². The molecule has 0 aliphatic carbocycles. The number of nitrogens with zero attached hydrogens (tertiary/aromatic N) is 3. The van der Waals surface area contributed by atoms with Crippen LogP contribution in [-0.4, -0.2) is 38.0 Å². The lowest BCUT2D eigenvalue weighted by atomic mass is 10.1. The van der Waals surface area contributed by atoms with E-state index in [9.17, 15) is 0 Å². The lowest BCUT2D eigenvalue weighted by molar-refractivity contribution is -0.696. The zero-order valence-corrected chi connectivity index (χ0v) is 19.8. The third kappa shape index (κ3) is 6.22. The van der Waals surface area contributed by atoms with Gasteiger partial charge in [0.1, 0.15) is 12.2 Å². The Morgan fingerprint density at radius 2 is 1.23 bits per heavy atom. The number of pyridine rings is 1. The summed E-state index contributed by atoms with van der Waals surface area (Å²) in [5.41, 5.74) is 7.16. The van der Waals surface area contributed by atoms with E-state index in [-0.39, 0.29) is 12.4 Å². The summed E-state index contributed by atoms with van der Waals surface area (Å²) >= 11 is 0. The minimum atomic E-state index is 0. The quantitative estimate of drug-likeness (QED) is 0.528. The molecule has 4 heteroatoms. The van der Waals surface area contributed by atoms with Crippen molar-refractivity contribution in [3.63, 3.8) is 0 Å². The fourth-order valence-corrected chi connectivity index (χ4v) is 3.50. The summed E-state index contributed by atoms with van der Waals surface area (Å²) in [5.74, 6) is 0. The molecule has 0 N–H and O–H groups in total. The van der Waals surface area contributed by atoms with Crippen LogP contribution < -0.4 is 17.0 Å². The van der Waals surface area contributed by atoms with Crippen molar-refractivity contribution in [3.05, 3.63) is 101 Å². The first-order chi connectivity index (χ1) is 14.5. The Bertz CT molecular complexity index is 1020. The molecule has 0 saturated carbocycles. The number of halogens is 1. The summed E-state index contributed by atoms with van der Waals surface area (Å²) in [6, 6.07) is 25.5. The van der Waals surface area contributed by atoms with E-state index < -0.39 is 0 Å². The molecule has 0 spiro atoms. The maximum atomic E-state index is 2.30. The summed E-state index contributed by atoms with van der Waals surface area (Å²) in [6.07, 6.45) is 6.68. The minimum absolute atomic E-state index is 0. The fraction of sp³-hybridized carbons (Fsp3) is 0.222. The fourth-order valence-electron chi connectivity index (χ4n) is 3.50. The normalized spacial score (nSPS) is 11.6. The molecule has 3 aromatic rings. The average molecular weight is 434 g/mol. The molecule has 0 aliphatic heterocycles. The van der Waals surface area contributed by atoms with E-state index in [0.717, 1.165) is 6.54 Å². The van der Waals surface area contributed by atoms with E-state index in [1.54, 1.807) is 0 Å². The third-order valence-electron chi connectivity index (χ3n) is 5.10. The van der Waals surface area contributed by atoms with Crippen LogP contribution in [0.1, 0.15) is 29.3 Å². The van der Waals surface area contributed by atoms with Crippen LogP contribution in [0.25, 0.3) is 23.5 Å². The van der Waals surface area contributed by atoms with Crippen LogP contribution in [0.5, 0.6) is 0 Å². The molecule has 162 valence electrons. The molecule has 0 fully saturated rings. The third-order valence-corrected chi connectivity index (χ3v) is 5.10. The molecular weight excluding hydrogens is 402 g/mol. The topological polar surface area (TPSA) is 10.4 Å². The molecule has 3 nitrogen and oxygen atoms in total. The first-order valence-electron chi connectivity index (χ1n) is 10.4. The van der Waals surface area contributed by atoms with Crippen LogP contribution >= 0.6 is 0 Å². The number of rotatable bonds is 7. The van der Waals surface area contributed by atoms with Gasteiger partial charge in [0.25, 0.3) is 0 Å². The van der Waals surface area contributed by atoms with Gasteiger partial charge in [-0.1, -0.05) is 60.7 Å². The summed E-state index contributed by atoms with van der Waals surface area (Å²) in [6.45, 7) is 3.10. The minimum Gasteiger partial charge on any atom is -1.00 e. The van der Waals surface area contributed by atoms with Gasteiger partial charge in [-0.15, -0.1) is 0 Å². The second kappa shape index (κ2) is 11.4. The number of benzene rings is 2. The van der Waals surface area contributed by atoms with Gasteiger partial charge in [0, 0.05) is 51.6 Å². The Labute approximate surface area is 193 Å². The van der Waals surface area contributed by atoms with Crippen LogP contribution in [-0.2, 0) is 6.54 Å². The summed E-state index contributed by atoms with van der Waals surface area (Å²) < 4.78 is 2.30. The van der Waals surface area contributed by atoms with E-state index in [4.69, 9.17) is 0 Å². The van der Waals surface area contributed by atoms with Gasteiger partial charge in [0.15, 0.2) is 6.20 Å². The zero-order valence-electron chi connectivity index (χ0n) is 19.1. The summed E-state index contributed by atoms with van der Waals surface area (Å²) in [7, 11) is 8.41.